The Morgan fingerprint density at radius 1 is 0.938 bits per heavy atom. The highest BCUT2D eigenvalue weighted by Gasteiger charge is 2.24. The van der Waals surface area contributed by atoms with Crippen molar-refractivity contribution in [1.29, 1.82) is 0 Å². The van der Waals surface area contributed by atoms with Crippen LogP contribution >= 0.6 is 0 Å². The summed E-state index contributed by atoms with van der Waals surface area (Å²) < 4.78 is 32.6. The summed E-state index contributed by atoms with van der Waals surface area (Å²) in [4.78, 5) is 17.1. The predicted octanol–water partition coefficient (Wildman–Crippen LogP) is 4.32. The molecule has 0 unspecified atom stereocenters. The minimum Gasteiger partial charge on any atom is -0.495 e. The molecule has 0 saturated carbocycles. The lowest BCUT2D eigenvalue weighted by Crippen LogP contribution is -2.27. The normalized spacial score (nSPS) is 11.2. The van der Waals surface area contributed by atoms with Gasteiger partial charge in [-0.05, 0) is 60.7 Å². The molecular weight excluding hydrogens is 426 g/mol. The number of carbonyl (C=O) groups excluding carboxylic acids is 1. The van der Waals surface area contributed by atoms with E-state index in [1.165, 1.54) is 38.4 Å². The van der Waals surface area contributed by atoms with Gasteiger partial charge in [-0.3, -0.25) is 14.1 Å². The van der Waals surface area contributed by atoms with E-state index in [0.717, 1.165) is 15.2 Å². The van der Waals surface area contributed by atoms with E-state index in [1.54, 1.807) is 42.6 Å². The Kier molecular flexibility index (Phi) is 5.79. The monoisotopic (exact) mass is 447 g/mol. The highest BCUT2D eigenvalue weighted by molar-refractivity contribution is 7.92. The van der Waals surface area contributed by atoms with E-state index in [9.17, 15) is 13.2 Å². The van der Waals surface area contributed by atoms with Gasteiger partial charge in [0.2, 0.25) is 0 Å². The van der Waals surface area contributed by atoms with Crippen LogP contribution in [0.4, 0.5) is 11.4 Å². The highest BCUT2D eigenvalue weighted by Crippen LogP contribution is 2.31. The molecule has 4 aromatic rings. The third kappa shape index (κ3) is 4.00. The van der Waals surface area contributed by atoms with Crippen LogP contribution in [0.1, 0.15) is 10.4 Å². The van der Waals surface area contributed by atoms with Crippen molar-refractivity contribution in [2.45, 2.75) is 4.90 Å². The Hall–Kier alpha value is -3.91. The molecule has 0 saturated heterocycles. The predicted molar refractivity (Wildman–Crippen MR) is 125 cm³/mol. The molecule has 0 aliphatic carbocycles. The molecule has 32 heavy (non-hydrogen) atoms. The highest BCUT2D eigenvalue weighted by atomic mass is 32.2. The number of rotatable bonds is 6. The third-order valence-corrected chi connectivity index (χ3v) is 6.88. The first-order valence-corrected chi connectivity index (χ1v) is 11.2. The maximum atomic E-state index is 13.1. The van der Waals surface area contributed by atoms with Crippen LogP contribution in [0, 0.1) is 0 Å². The van der Waals surface area contributed by atoms with Crippen molar-refractivity contribution in [3.63, 3.8) is 0 Å². The topological polar surface area (TPSA) is 88.6 Å². The number of sulfonamides is 1. The molecule has 1 aromatic heterocycles. The van der Waals surface area contributed by atoms with Gasteiger partial charge < -0.3 is 10.1 Å². The van der Waals surface area contributed by atoms with Crippen LogP contribution in [0.3, 0.4) is 0 Å². The second-order valence-corrected chi connectivity index (χ2v) is 8.97. The number of para-hydroxylation sites is 2. The fourth-order valence-corrected chi connectivity index (χ4v) is 4.57. The number of amides is 1. The van der Waals surface area contributed by atoms with E-state index < -0.39 is 10.0 Å². The van der Waals surface area contributed by atoms with Crippen LogP contribution in [0.15, 0.2) is 90.0 Å². The van der Waals surface area contributed by atoms with Crippen molar-refractivity contribution in [2.24, 2.45) is 0 Å². The average molecular weight is 448 g/mol. The number of methoxy groups -OCH3 is 1. The van der Waals surface area contributed by atoms with Crippen LogP contribution in [0.25, 0.3) is 10.9 Å². The number of nitrogens with one attached hydrogen (secondary N) is 1. The second kappa shape index (κ2) is 8.68. The molecule has 0 aliphatic heterocycles. The van der Waals surface area contributed by atoms with Crippen LogP contribution in [-0.2, 0) is 10.0 Å². The summed E-state index contributed by atoms with van der Waals surface area (Å²) in [6.07, 6.45) is 1.69. The molecule has 0 bridgehead atoms. The second-order valence-electron chi connectivity index (χ2n) is 7.00. The van der Waals surface area contributed by atoms with Gasteiger partial charge in [0.15, 0.2) is 0 Å². The molecule has 0 fully saturated rings. The Balaban J connectivity index is 1.57. The Labute approximate surface area is 186 Å². The summed E-state index contributed by atoms with van der Waals surface area (Å²) in [7, 11) is -0.896. The molecule has 3 aromatic carbocycles. The van der Waals surface area contributed by atoms with Gasteiger partial charge in [-0.15, -0.1) is 0 Å². The first kappa shape index (κ1) is 21.3. The third-order valence-electron chi connectivity index (χ3n) is 5.09. The number of hydrogen-bond acceptors (Lipinski definition) is 5. The van der Waals surface area contributed by atoms with Gasteiger partial charge in [0.1, 0.15) is 5.75 Å². The van der Waals surface area contributed by atoms with Crippen LogP contribution in [0.2, 0.25) is 0 Å². The molecular formula is C24H21N3O4S. The van der Waals surface area contributed by atoms with Gasteiger partial charge in [0.05, 0.1) is 28.9 Å². The van der Waals surface area contributed by atoms with Crippen molar-refractivity contribution in [3.05, 3.63) is 90.6 Å². The summed E-state index contributed by atoms with van der Waals surface area (Å²) in [5.74, 6) is 0.0996. The fourth-order valence-electron chi connectivity index (χ4n) is 3.36. The zero-order chi connectivity index (χ0) is 22.7. The largest absolute Gasteiger partial charge is 0.495 e. The first-order chi connectivity index (χ1) is 15.4. The van der Waals surface area contributed by atoms with Gasteiger partial charge in [0, 0.05) is 24.2 Å². The molecule has 0 atom stereocenters. The average Bonchev–Trinajstić information content (AvgIpc) is 2.83. The van der Waals surface area contributed by atoms with Crippen molar-refractivity contribution in [1.82, 2.24) is 4.98 Å². The lowest BCUT2D eigenvalue weighted by atomic mass is 10.1. The number of pyridine rings is 1. The molecule has 0 radical (unpaired) electrons. The maximum Gasteiger partial charge on any atom is 0.264 e. The number of benzene rings is 3. The smallest absolute Gasteiger partial charge is 0.264 e. The number of aromatic nitrogens is 1. The summed E-state index contributed by atoms with van der Waals surface area (Å²) >= 11 is 0. The molecule has 8 heteroatoms. The van der Waals surface area contributed by atoms with Crippen LogP contribution in [-0.4, -0.2) is 33.5 Å². The van der Waals surface area contributed by atoms with E-state index in [-0.39, 0.29) is 10.8 Å². The standard InChI is InChI=1S/C24H21N3O4S/c1-27(22-10-3-4-11-23(22)31-2)32(29,30)18-14-12-17(13-15-18)24(28)26-21-9-5-8-20-19(21)7-6-16-25-20/h3-16H,1-2H3,(H,26,28). The number of anilines is 2. The number of nitrogens with zero attached hydrogens (tertiary/aromatic N) is 2. The first-order valence-electron chi connectivity index (χ1n) is 9.79. The lowest BCUT2D eigenvalue weighted by molar-refractivity contribution is 0.102. The number of hydrogen-bond donors (Lipinski definition) is 1. The van der Waals surface area contributed by atoms with Gasteiger partial charge in [-0.25, -0.2) is 8.42 Å². The molecule has 0 aliphatic rings. The molecule has 1 N–H and O–H groups in total. The number of carbonyl (C=O) groups is 1. The van der Waals surface area contributed by atoms with Crippen LogP contribution in [0.5, 0.6) is 5.75 Å². The quantitative estimate of drug-likeness (QED) is 0.476. The van der Waals surface area contributed by atoms with E-state index in [2.05, 4.69) is 10.3 Å². The summed E-state index contributed by atoms with van der Waals surface area (Å²) in [5.41, 5.74) is 2.16. The minimum atomic E-state index is -3.84. The summed E-state index contributed by atoms with van der Waals surface area (Å²) in [5, 5.41) is 3.69. The fraction of sp³-hybridized carbons (Fsp3) is 0.0833. The van der Waals surface area contributed by atoms with Crippen molar-refractivity contribution in [3.8, 4) is 5.75 Å². The van der Waals surface area contributed by atoms with Gasteiger partial charge in [-0.2, -0.15) is 0 Å². The Morgan fingerprint density at radius 2 is 1.69 bits per heavy atom. The minimum absolute atomic E-state index is 0.0665. The summed E-state index contributed by atoms with van der Waals surface area (Å²) in [6, 6.07) is 21.8. The molecule has 0 spiro atoms. The van der Waals surface area contributed by atoms with Crippen molar-refractivity contribution in [2.75, 3.05) is 23.8 Å². The molecule has 162 valence electrons. The number of fused-ring (bicyclic) bond motifs is 1. The molecule has 1 amide bonds. The zero-order valence-electron chi connectivity index (χ0n) is 17.5. The zero-order valence-corrected chi connectivity index (χ0v) is 18.3. The van der Waals surface area contributed by atoms with E-state index in [4.69, 9.17) is 4.74 Å². The van der Waals surface area contributed by atoms with Crippen LogP contribution < -0.4 is 14.4 Å². The van der Waals surface area contributed by atoms with Gasteiger partial charge in [0.25, 0.3) is 15.9 Å². The lowest BCUT2D eigenvalue weighted by Gasteiger charge is -2.21. The molecule has 1 heterocycles. The summed E-state index contributed by atoms with van der Waals surface area (Å²) in [6.45, 7) is 0. The van der Waals surface area contributed by atoms with Crippen molar-refractivity contribution < 1.29 is 17.9 Å². The molecule has 7 nitrogen and oxygen atoms in total. The van der Waals surface area contributed by atoms with E-state index in [0.29, 0.717) is 22.7 Å². The SMILES string of the molecule is COc1ccccc1N(C)S(=O)(=O)c1ccc(C(=O)Nc2cccc3ncccc23)cc1. The molecule has 4 rings (SSSR count). The van der Waals surface area contributed by atoms with Gasteiger partial charge >= 0.3 is 0 Å². The number of ether oxygens (including phenoxy) is 1. The Bertz CT molecular complexity index is 1380. The van der Waals surface area contributed by atoms with Gasteiger partial charge in [-0.1, -0.05) is 18.2 Å². The van der Waals surface area contributed by atoms with Crippen molar-refractivity contribution >= 4 is 38.2 Å². The maximum absolute atomic E-state index is 13.1. The van der Waals surface area contributed by atoms with E-state index in [1.807, 2.05) is 18.2 Å². The van der Waals surface area contributed by atoms with E-state index >= 15 is 0 Å². The Morgan fingerprint density at radius 3 is 2.44 bits per heavy atom.